The third kappa shape index (κ3) is 2.43. The number of nitrogens with zero attached hydrogens (tertiary/aromatic N) is 3. The second-order valence-corrected chi connectivity index (χ2v) is 3.84. The van der Waals surface area contributed by atoms with Crippen molar-refractivity contribution in [2.24, 2.45) is 0 Å². The zero-order chi connectivity index (χ0) is 10.7. The van der Waals surface area contributed by atoms with Crippen molar-refractivity contribution in [1.29, 1.82) is 0 Å². The Balaban J connectivity index is 2.13. The molecule has 5 nitrogen and oxygen atoms in total. The highest BCUT2D eigenvalue weighted by Crippen LogP contribution is 2.17. The Bertz CT molecular complexity index is 342. The summed E-state index contributed by atoms with van der Waals surface area (Å²) >= 11 is 0. The van der Waals surface area contributed by atoms with E-state index in [4.69, 9.17) is 5.11 Å². The second kappa shape index (κ2) is 4.55. The Morgan fingerprint density at radius 1 is 1.53 bits per heavy atom. The highest BCUT2D eigenvalue weighted by Gasteiger charge is 2.15. The van der Waals surface area contributed by atoms with Crippen molar-refractivity contribution in [2.45, 2.75) is 13.0 Å². The van der Waals surface area contributed by atoms with Gasteiger partial charge in [0.1, 0.15) is 5.82 Å². The molecule has 2 heterocycles. The molecule has 15 heavy (non-hydrogen) atoms. The first-order valence-electron chi connectivity index (χ1n) is 5.18. The number of fused-ring (bicyclic) bond motifs is 1. The van der Waals surface area contributed by atoms with Gasteiger partial charge < -0.3 is 15.3 Å². The summed E-state index contributed by atoms with van der Waals surface area (Å²) in [5.41, 5.74) is 2.34. The van der Waals surface area contributed by atoms with Gasteiger partial charge in [-0.05, 0) is 18.7 Å². The van der Waals surface area contributed by atoms with E-state index in [0.717, 1.165) is 31.0 Å². The average molecular weight is 208 g/mol. The summed E-state index contributed by atoms with van der Waals surface area (Å²) in [6.45, 7) is 2.60. The minimum atomic E-state index is 0.110. The summed E-state index contributed by atoms with van der Waals surface area (Å²) in [7, 11) is 2.10. The maximum Gasteiger partial charge on any atom is 0.149 e. The van der Waals surface area contributed by atoms with Gasteiger partial charge in [-0.3, -0.25) is 0 Å². The minimum Gasteiger partial charge on any atom is -0.395 e. The molecule has 0 saturated heterocycles. The zero-order valence-electron chi connectivity index (χ0n) is 8.90. The normalized spacial score (nSPS) is 16.1. The van der Waals surface area contributed by atoms with Crippen molar-refractivity contribution in [1.82, 2.24) is 15.1 Å². The summed E-state index contributed by atoms with van der Waals surface area (Å²) in [4.78, 5) is 2.26. The molecule has 0 saturated carbocycles. The van der Waals surface area contributed by atoms with Gasteiger partial charge in [0.05, 0.1) is 12.3 Å². The third-order valence-electron chi connectivity index (χ3n) is 2.55. The third-order valence-corrected chi connectivity index (χ3v) is 2.55. The highest BCUT2D eigenvalue weighted by atomic mass is 16.3. The smallest absolute Gasteiger partial charge is 0.149 e. The quantitative estimate of drug-likeness (QED) is 0.724. The van der Waals surface area contributed by atoms with Gasteiger partial charge in [0, 0.05) is 26.1 Å². The average Bonchev–Trinajstić information content (AvgIpc) is 2.25. The first kappa shape index (κ1) is 10.3. The zero-order valence-corrected chi connectivity index (χ0v) is 8.90. The van der Waals surface area contributed by atoms with Gasteiger partial charge in [-0.1, -0.05) is 0 Å². The number of rotatable bonds is 3. The molecule has 0 aliphatic carbocycles. The molecule has 0 amide bonds. The molecule has 0 aromatic carbocycles. The van der Waals surface area contributed by atoms with E-state index in [9.17, 15) is 0 Å². The van der Waals surface area contributed by atoms with Crippen molar-refractivity contribution in [3.8, 4) is 0 Å². The van der Waals surface area contributed by atoms with Crippen molar-refractivity contribution in [3.63, 3.8) is 0 Å². The van der Waals surface area contributed by atoms with Crippen LogP contribution in [0.4, 0.5) is 5.82 Å². The SMILES string of the molecule is CN1CCc2nnc(NCCO)cc2C1. The maximum atomic E-state index is 8.69. The maximum absolute atomic E-state index is 8.69. The molecule has 2 N–H and O–H groups in total. The molecule has 2 rings (SSSR count). The summed E-state index contributed by atoms with van der Waals surface area (Å²) in [6, 6.07) is 2.02. The molecule has 0 radical (unpaired) electrons. The van der Waals surface area contributed by atoms with Gasteiger partial charge >= 0.3 is 0 Å². The van der Waals surface area contributed by atoms with Gasteiger partial charge in [-0.15, -0.1) is 5.10 Å². The van der Waals surface area contributed by atoms with Crippen LogP contribution in [0.15, 0.2) is 6.07 Å². The van der Waals surface area contributed by atoms with E-state index in [1.165, 1.54) is 5.56 Å². The lowest BCUT2D eigenvalue weighted by atomic mass is 10.1. The van der Waals surface area contributed by atoms with Crippen LogP contribution in [-0.2, 0) is 13.0 Å². The lowest BCUT2D eigenvalue weighted by Gasteiger charge is -2.23. The topological polar surface area (TPSA) is 61.3 Å². The van der Waals surface area contributed by atoms with Gasteiger partial charge in [-0.25, -0.2) is 0 Å². The number of nitrogens with one attached hydrogen (secondary N) is 1. The first-order chi connectivity index (χ1) is 7.29. The Labute approximate surface area is 89.1 Å². The number of likely N-dealkylation sites (N-methyl/N-ethyl adjacent to an activating group) is 1. The van der Waals surface area contributed by atoms with Crippen molar-refractivity contribution in [2.75, 3.05) is 32.1 Å². The van der Waals surface area contributed by atoms with E-state index in [1.807, 2.05) is 6.07 Å². The minimum absolute atomic E-state index is 0.110. The predicted octanol–water partition coefficient (Wildman–Crippen LogP) is -0.131. The van der Waals surface area contributed by atoms with Crippen molar-refractivity contribution in [3.05, 3.63) is 17.3 Å². The van der Waals surface area contributed by atoms with E-state index < -0.39 is 0 Å². The Morgan fingerprint density at radius 2 is 2.40 bits per heavy atom. The van der Waals surface area contributed by atoms with E-state index in [0.29, 0.717) is 6.54 Å². The number of aromatic nitrogens is 2. The lowest BCUT2D eigenvalue weighted by molar-refractivity contribution is 0.307. The molecule has 0 fully saturated rings. The number of hydrogen-bond acceptors (Lipinski definition) is 5. The number of anilines is 1. The lowest BCUT2D eigenvalue weighted by Crippen LogP contribution is -2.27. The van der Waals surface area contributed by atoms with Crippen molar-refractivity contribution < 1.29 is 5.11 Å². The van der Waals surface area contributed by atoms with Gasteiger partial charge in [-0.2, -0.15) is 5.10 Å². The molecular formula is C10H16N4O. The van der Waals surface area contributed by atoms with Crippen LogP contribution >= 0.6 is 0 Å². The molecular weight excluding hydrogens is 192 g/mol. The van der Waals surface area contributed by atoms with Crippen LogP contribution < -0.4 is 5.32 Å². The monoisotopic (exact) mass is 208 g/mol. The van der Waals surface area contributed by atoms with E-state index in [2.05, 4.69) is 27.5 Å². The van der Waals surface area contributed by atoms with Crippen molar-refractivity contribution >= 4 is 5.82 Å². The molecule has 5 heteroatoms. The summed E-state index contributed by atoms with van der Waals surface area (Å²) in [6.07, 6.45) is 0.971. The van der Waals surface area contributed by atoms with Gasteiger partial charge in [0.2, 0.25) is 0 Å². The molecule has 0 spiro atoms. The predicted molar refractivity (Wildman–Crippen MR) is 57.6 cm³/mol. The number of hydrogen-bond donors (Lipinski definition) is 2. The Hall–Kier alpha value is -1.20. The molecule has 1 aromatic rings. The molecule has 0 atom stereocenters. The van der Waals surface area contributed by atoms with Crippen LogP contribution in [-0.4, -0.2) is 46.9 Å². The van der Waals surface area contributed by atoms with E-state index >= 15 is 0 Å². The summed E-state index contributed by atoms with van der Waals surface area (Å²) < 4.78 is 0. The van der Waals surface area contributed by atoms with Crippen LogP contribution in [0.1, 0.15) is 11.3 Å². The van der Waals surface area contributed by atoms with Crippen LogP contribution in [0, 0.1) is 0 Å². The molecule has 0 unspecified atom stereocenters. The summed E-state index contributed by atoms with van der Waals surface area (Å²) in [5.74, 6) is 0.748. The largest absolute Gasteiger partial charge is 0.395 e. The standard InChI is InChI=1S/C10H16N4O/c1-14-4-2-9-8(7-14)6-10(13-12-9)11-3-5-15/h6,15H,2-5,7H2,1H3,(H,11,13). The Kier molecular flexibility index (Phi) is 3.13. The molecule has 1 aliphatic rings. The fourth-order valence-corrected chi connectivity index (χ4v) is 1.74. The summed E-state index contributed by atoms with van der Waals surface area (Å²) in [5, 5.41) is 20.0. The van der Waals surface area contributed by atoms with Gasteiger partial charge in [0.25, 0.3) is 0 Å². The Morgan fingerprint density at radius 3 is 3.20 bits per heavy atom. The molecule has 82 valence electrons. The number of aliphatic hydroxyl groups excluding tert-OH is 1. The first-order valence-corrected chi connectivity index (χ1v) is 5.18. The van der Waals surface area contributed by atoms with Crippen LogP contribution in [0.2, 0.25) is 0 Å². The second-order valence-electron chi connectivity index (χ2n) is 3.84. The van der Waals surface area contributed by atoms with E-state index in [-0.39, 0.29) is 6.61 Å². The fraction of sp³-hybridized carbons (Fsp3) is 0.600. The highest BCUT2D eigenvalue weighted by molar-refractivity contribution is 5.38. The van der Waals surface area contributed by atoms with Gasteiger partial charge in [0.15, 0.2) is 0 Å². The number of aliphatic hydroxyl groups is 1. The molecule has 1 aliphatic heterocycles. The van der Waals surface area contributed by atoms with E-state index in [1.54, 1.807) is 0 Å². The van der Waals surface area contributed by atoms with Crippen LogP contribution in [0.25, 0.3) is 0 Å². The van der Waals surface area contributed by atoms with Crippen LogP contribution in [0.3, 0.4) is 0 Å². The molecule has 0 bridgehead atoms. The van der Waals surface area contributed by atoms with Crippen LogP contribution in [0.5, 0.6) is 0 Å². The fourth-order valence-electron chi connectivity index (χ4n) is 1.74. The molecule has 1 aromatic heterocycles.